The Bertz CT molecular complexity index is 1170. The van der Waals surface area contributed by atoms with Gasteiger partial charge in [0.25, 0.3) is 0 Å². The van der Waals surface area contributed by atoms with Gasteiger partial charge in [0.15, 0.2) is 0 Å². The number of nitrogens with zero attached hydrogens (tertiary/aromatic N) is 3. The SMILES string of the molecule is Cc1nc2cc(SN(C)c3ccc([C@@H]4C[C@H](OCC5CC5)CCC4C(=O)O)cc3)ccc2n1C. The Hall–Kier alpha value is -2.51. The lowest BCUT2D eigenvalue weighted by molar-refractivity contribution is -0.144. The minimum Gasteiger partial charge on any atom is -0.481 e. The largest absolute Gasteiger partial charge is 0.481 e. The van der Waals surface area contributed by atoms with Gasteiger partial charge in [0, 0.05) is 31.3 Å². The lowest BCUT2D eigenvalue weighted by Crippen LogP contribution is -2.33. The van der Waals surface area contributed by atoms with Crippen LogP contribution in [0, 0.1) is 18.8 Å². The molecule has 0 aliphatic heterocycles. The van der Waals surface area contributed by atoms with Crippen molar-refractivity contribution in [1.29, 1.82) is 0 Å². The fourth-order valence-electron chi connectivity index (χ4n) is 5.00. The summed E-state index contributed by atoms with van der Waals surface area (Å²) in [4.78, 5) is 17.7. The van der Waals surface area contributed by atoms with E-state index >= 15 is 0 Å². The second-order valence-electron chi connectivity index (χ2n) is 9.81. The molecule has 1 aromatic heterocycles. The van der Waals surface area contributed by atoms with Crippen LogP contribution in [-0.4, -0.2) is 40.4 Å². The Labute approximate surface area is 205 Å². The van der Waals surface area contributed by atoms with Gasteiger partial charge >= 0.3 is 5.97 Å². The number of aromatic nitrogens is 2. The number of hydrogen-bond acceptors (Lipinski definition) is 5. The Morgan fingerprint density at radius 1 is 1.18 bits per heavy atom. The maximum Gasteiger partial charge on any atom is 0.307 e. The van der Waals surface area contributed by atoms with Gasteiger partial charge in [-0.15, -0.1) is 0 Å². The molecule has 0 bridgehead atoms. The van der Waals surface area contributed by atoms with Crippen LogP contribution in [0.1, 0.15) is 49.4 Å². The molecule has 2 fully saturated rings. The van der Waals surface area contributed by atoms with Gasteiger partial charge in [-0.3, -0.25) is 4.79 Å². The number of aryl methyl sites for hydroxylation is 2. The number of rotatable bonds is 8. The van der Waals surface area contributed by atoms with Crippen molar-refractivity contribution in [3.05, 3.63) is 53.9 Å². The van der Waals surface area contributed by atoms with E-state index in [4.69, 9.17) is 4.74 Å². The Balaban J connectivity index is 1.27. The lowest BCUT2D eigenvalue weighted by atomic mass is 9.74. The predicted molar refractivity (Wildman–Crippen MR) is 136 cm³/mol. The molecule has 0 amide bonds. The van der Waals surface area contributed by atoms with E-state index in [-0.39, 0.29) is 17.9 Å². The van der Waals surface area contributed by atoms with Crippen LogP contribution in [0.15, 0.2) is 47.4 Å². The summed E-state index contributed by atoms with van der Waals surface area (Å²) >= 11 is 1.66. The van der Waals surface area contributed by atoms with Crippen LogP contribution in [0.5, 0.6) is 0 Å². The molecular formula is C27H33N3O3S. The van der Waals surface area contributed by atoms with E-state index in [9.17, 15) is 9.90 Å². The number of benzene rings is 2. The monoisotopic (exact) mass is 479 g/mol. The minimum atomic E-state index is -0.692. The van der Waals surface area contributed by atoms with Crippen molar-refractivity contribution in [2.45, 2.75) is 55.9 Å². The number of fused-ring (bicyclic) bond motifs is 1. The van der Waals surface area contributed by atoms with Crippen LogP contribution < -0.4 is 4.31 Å². The molecule has 3 aromatic rings. The molecule has 2 aliphatic rings. The van der Waals surface area contributed by atoms with Crippen LogP contribution in [0.3, 0.4) is 0 Å². The lowest BCUT2D eigenvalue weighted by Gasteiger charge is -2.34. The average molecular weight is 480 g/mol. The zero-order valence-corrected chi connectivity index (χ0v) is 20.9. The summed E-state index contributed by atoms with van der Waals surface area (Å²) in [7, 11) is 4.09. The van der Waals surface area contributed by atoms with Crippen molar-refractivity contribution in [2.24, 2.45) is 18.9 Å². The summed E-state index contributed by atoms with van der Waals surface area (Å²) in [6.07, 6.45) is 5.04. The molecule has 1 heterocycles. The van der Waals surface area contributed by atoms with E-state index in [2.05, 4.69) is 63.4 Å². The molecule has 2 aliphatic carbocycles. The van der Waals surface area contributed by atoms with Gasteiger partial charge < -0.3 is 18.7 Å². The summed E-state index contributed by atoms with van der Waals surface area (Å²) in [5.74, 6) is 0.695. The third kappa shape index (κ3) is 4.96. The van der Waals surface area contributed by atoms with E-state index in [1.165, 1.54) is 12.8 Å². The van der Waals surface area contributed by atoms with Gasteiger partial charge in [-0.05, 0) is 98.7 Å². The molecule has 3 atom stereocenters. The molecule has 0 radical (unpaired) electrons. The van der Waals surface area contributed by atoms with Crippen molar-refractivity contribution in [1.82, 2.24) is 9.55 Å². The highest BCUT2D eigenvalue weighted by Crippen LogP contribution is 2.41. The third-order valence-electron chi connectivity index (χ3n) is 7.39. The number of carboxylic acid groups (broad SMARTS) is 1. The summed E-state index contributed by atoms with van der Waals surface area (Å²) in [5, 5.41) is 9.83. The first-order valence-corrected chi connectivity index (χ1v) is 13.0. The first kappa shape index (κ1) is 23.2. The quantitative estimate of drug-likeness (QED) is 0.413. The minimum absolute atomic E-state index is 0.00253. The van der Waals surface area contributed by atoms with Crippen molar-refractivity contribution < 1.29 is 14.6 Å². The molecule has 1 N–H and O–H groups in total. The number of ether oxygens (including phenoxy) is 1. The molecule has 2 saturated carbocycles. The van der Waals surface area contributed by atoms with Crippen LogP contribution in [0.4, 0.5) is 5.69 Å². The van der Waals surface area contributed by atoms with Crippen LogP contribution in [-0.2, 0) is 16.6 Å². The highest BCUT2D eigenvalue weighted by molar-refractivity contribution is 8.00. The summed E-state index contributed by atoms with van der Waals surface area (Å²) in [5.41, 5.74) is 4.31. The summed E-state index contributed by atoms with van der Waals surface area (Å²) in [6.45, 7) is 2.85. The highest BCUT2D eigenvalue weighted by atomic mass is 32.2. The second-order valence-corrected chi connectivity index (χ2v) is 11.0. The van der Waals surface area contributed by atoms with Crippen molar-refractivity contribution in [3.8, 4) is 0 Å². The highest BCUT2D eigenvalue weighted by Gasteiger charge is 2.37. The number of anilines is 1. The standard InChI is InChI=1S/C27H33N3O3S/c1-17-28-25-15-22(11-13-26(25)29(17)2)34-30(3)20-8-6-19(7-9-20)24-14-21(33-16-18-4-5-18)10-12-23(24)27(31)32/h6-9,11,13,15,18,21,23-24H,4-5,10,12,14,16H2,1-3H3,(H,31,32)/t21-,23?,24+/m1/s1. The molecule has 2 aromatic carbocycles. The Kier molecular flexibility index (Phi) is 6.58. The third-order valence-corrected chi connectivity index (χ3v) is 8.34. The van der Waals surface area contributed by atoms with Gasteiger partial charge in [-0.25, -0.2) is 4.98 Å². The normalized spacial score (nSPS) is 22.7. The first-order chi connectivity index (χ1) is 16.4. The van der Waals surface area contributed by atoms with E-state index in [1.54, 1.807) is 11.9 Å². The van der Waals surface area contributed by atoms with Gasteiger partial charge in [0.2, 0.25) is 0 Å². The number of carbonyl (C=O) groups is 1. The van der Waals surface area contributed by atoms with Crippen LogP contribution in [0.2, 0.25) is 0 Å². The Morgan fingerprint density at radius 2 is 1.94 bits per heavy atom. The van der Waals surface area contributed by atoms with Crippen molar-refractivity contribution >= 4 is 34.6 Å². The molecular weight excluding hydrogens is 446 g/mol. The molecule has 0 saturated heterocycles. The zero-order valence-electron chi connectivity index (χ0n) is 20.1. The number of aliphatic carboxylic acids is 1. The molecule has 7 heteroatoms. The molecule has 180 valence electrons. The van der Waals surface area contributed by atoms with E-state index in [1.807, 2.05) is 14.0 Å². The number of carboxylic acids is 1. The Morgan fingerprint density at radius 3 is 2.65 bits per heavy atom. The van der Waals surface area contributed by atoms with Crippen LogP contribution >= 0.6 is 11.9 Å². The van der Waals surface area contributed by atoms with Crippen molar-refractivity contribution in [3.63, 3.8) is 0 Å². The molecule has 0 spiro atoms. The van der Waals surface area contributed by atoms with E-state index < -0.39 is 5.97 Å². The average Bonchev–Trinajstić information content (AvgIpc) is 3.62. The van der Waals surface area contributed by atoms with Gasteiger partial charge in [-0.1, -0.05) is 12.1 Å². The van der Waals surface area contributed by atoms with Crippen molar-refractivity contribution in [2.75, 3.05) is 18.0 Å². The van der Waals surface area contributed by atoms with Crippen LogP contribution in [0.25, 0.3) is 11.0 Å². The van der Waals surface area contributed by atoms with Gasteiger partial charge in [0.1, 0.15) is 5.82 Å². The first-order valence-electron chi connectivity index (χ1n) is 12.2. The molecule has 34 heavy (non-hydrogen) atoms. The number of imidazole rings is 1. The maximum atomic E-state index is 12.0. The summed E-state index contributed by atoms with van der Waals surface area (Å²) in [6, 6.07) is 14.8. The fourth-order valence-corrected chi connectivity index (χ4v) is 5.84. The molecule has 1 unspecified atom stereocenters. The molecule has 6 nitrogen and oxygen atoms in total. The van der Waals surface area contributed by atoms with E-state index in [0.717, 1.165) is 58.4 Å². The van der Waals surface area contributed by atoms with Gasteiger partial charge in [-0.2, -0.15) is 0 Å². The number of hydrogen-bond donors (Lipinski definition) is 1. The zero-order chi connectivity index (χ0) is 23.8. The van der Waals surface area contributed by atoms with Gasteiger partial charge in [0.05, 0.1) is 23.1 Å². The second kappa shape index (κ2) is 9.62. The smallest absolute Gasteiger partial charge is 0.307 e. The summed E-state index contributed by atoms with van der Waals surface area (Å²) < 4.78 is 10.4. The molecule has 5 rings (SSSR count). The maximum absolute atomic E-state index is 12.0. The predicted octanol–water partition coefficient (Wildman–Crippen LogP) is 5.79. The van der Waals surface area contributed by atoms with E-state index in [0.29, 0.717) is 6.42 Å². The topological polar surface area (TPSA) is 67.6 Å². The fraction of sp³-hybridized carbons (Fsp3) is 0.481.